The van der Waals surface area contributed by atoms with E-state index in [-0.39, 0.29) is 11.7 Å². The predicted octanol–water partition coefficient (Wildman–Crippen LogP) is 5.50. The van der Waals surface area contributed by atoms with E-state index in [9.17, 15) is 9.18 Å². The molecule has 2 heterocycles. The summed E-state index contributed by atoms with van der Waals surface area (Å²) >= 11 is 0. The number of fused-ring (bicyclic) bond motifs is 3. The van der Waals surface area contributed by atoms with Gasteiger partial charge in [-0.15, -0.1) is 0 Å². The van der Waals surface area contributed by atoms with Gasteiger partial charge < -0.3 is 14.6 Å². The number of aromatic amines is 1. The van der Waals surface area contributed by atoms with Crippen LogP contribution in [-0.2, 0) is 11.2 Å². The second-order valence-corrected chi connectivity index (χ2v) is 7.88. The van der Waals surface area contributed by atoms with Crippen molar-refractivity contribution in [2.45, 2.75) is 12.5 Å². The Balaban J connectivity index is 1.59. The first kappa shape index (κ1) is 20.1. The number of ether oxygens (including phenoxy) is 1. The average Bonchev–Trinajstić information content (AvgIpc) is 3.21. The van der Waals surface area contributed by atoms with Crippen molar-refractivity contribution in [3.8, 4) is 5.75 Å². The molecule has 1 aromatic heterocycles. The third-order valence-electron chi connectivity index (χ3n) is 6.03. The summed E-state index contributed by atoms with van der Waals surface area (Å²) in [6, 6.07) is 22.3. The molecule has 160 valence electrons. The summed E-state index contributed by atoms with van der Waals surface area (Å²) in [5.74, 6) is -0.372. The van der Waals surface area contributed by atoms with E-state index in [4.69, 9.17) is 4.74 Å². The maximum atomic E-state index is 14.6. The second-order valence-electron chi connectivity index (χ2n) is 7.88. The number of carbonyl (C=O) groups excluding carboxylic acids is 1. The van der Waals surface area contributed by atoms with Crippen molar-refractivity contribution in [3.63, 3.8) is 0 Å². The van der Waals surface area contributed by atoms with Crippen LogP contribution in [0.1, 0.15) is 28.4 Å². The van der Waals surface area contributed by atoms with Gasteiger partial charge in [-0.1, -0.05) is 54.6 Å². The average molecular weight is 426 g/mol. The third kappa shape index (κ3) is 3.56. The molecule has 0 aliphatic carbocycles. The molecular weight excluding hydrogens is 403 g/mol. The van der Waals surface area contributed by atoms with E-state index in [1.165, 1.54) is 18.7 Å². The normalized spacial score (nSPS) is 15.8. The first-order chi connectivity index (χ1) is 15.7. The number of carbonyl (C=O) groups is 1. The van der Waals surface area contributed by atoms with Gasteiger partial charge in [0, 0.05) is 29.2 Å². The minimum absolute atomic E-state index is 0.112. The van der Waals surface area contributed by atoms with Crippen LogP contribution in [0.3, 0.4) is 0 Å². The van der Waals surface area contributed by atoms with Crippen molar-refractivity contribution in [2.75, 3.05) is 13.7 Å². The summed E-state index contributed by atoms with van der Waals surface area (Å²) in [6.07, 6.45) is 4.14. The third-order valence-corrected chi connectivity index (χ3v) is 6.03. The molecule has 0 saturated carbocycles. The first-order valence-electron chi connectivity index (χ1n) is 10.6. The molecule has 4 nitrogen and oxygen atoms in total. The number of amides is 1. The van der Waals surface area contributed by atoms with Crippen LogP contribution >= 0.6 is 0 Å². The summed E-state index contributed by atoms with van der Waals surface area (Å²) in [6.45, 7) is 0.547. The molecule has 1 aliphatic rings. The van der Waals surface area contributed by atoms with Crippen LogP contribution in [0.15, 0.2) is 78.9 Å². The van der Waals surface area contributed by atoms with Gasteiger partial charge in [-0.05, 0) is 47.4 Å². The van der Waals surface area contributed by atoms with Gasteiger partial charge >= 0.3 is 0 Å². The number of benzene rings is 3. The number of aromatic nitrogens is 1. The van der Waals surface area contributed by atoms with Gasteiger partial charge in [-0.3, -0.25) is 4.79 Å². The van der Waals surface area contributed by atoms with Gasteiger partial charge in [0.05, 0.1) is 13.2 Å². The molecule has 0 saturated heterocycles. The minimum atomic E-state index is -0.444. The Bertz CT molecular complexity index is 1310. The maximum absolute atomic E-state index is 14.6. The number of nitrogens with one attached hydrogen (secondary N) is 1. The smallest absolute Gasteiger partial charge is 0.247 e. The number of H-pyrrole nitrogens is 1. The predicted molar refractivity (Wildman–Crippen MR) is 124 cm³/mol. The highest BCUT2D eigenvalue weighted by Crippen LogP contribution is 2.39. The molecule has 0 fully saturated rings. The van der Waals surface area contributed by atoms with Crippen molar-refractivity contribution in [1.29, 1.82) is 0 Å². The zero-order chi connectivity index (χ0) is 22.1. The van der Waals surface area contributed by atoms with Crippen LogP contribution in [-0.4, -0.2) is 29.4 Å². The molecule has 1 amide bonds. The number of halogens is 1. The number of methoxy groups -OCH3 is 1. The van der Waals surface area contributed by atoms with E-state index in [1.807, 2.05) is 60.7 Å². The quantitative estimate of drug-likeness (QED) is 0.438. The number of para-hydroxylation sites is 1. The first-order valence-corrected chi connectivity index (χ1v) is 10.6. The molecule has 3 aromatic carbocycles. The zero-order valence-electron chi connectivity index (χ0n) is 17.7. The SMILES string of the molecule is COc1ccc(C2c3[nH]c4ccccc4c3CCN2C(=O)/C=C/c2ccccc2)cc1F. The summed E-state index contributed by atoms with van der Waals surface area (Å²) < 4.78 is 19.7. The van der Waals surface area contributed by atoms with Crippen molar-refractivity contribution >= 4 is 22.9 Å². The fourth-order valence-electron chi connectivity index (χ4n) is 4.50. The molecule has 32 heavy (non-hydrogen) atoms. The van der Waals surface area contributed by atoms with Gasteiger partial charge in [-0.2, -0.15) is 0 Å². The molecule has 0 bridgehead atoms. The maximum Gasteiger partial charge on any atom is 0.247 e. The van der Waals surface area contributed by atoms with Gasteiger partial charge in [0.1, 0.15) is 0 Å². The molecular formula is C27H23FN2O2. The van der Waals surface area contributed by atoms with Crippen LogP contribution in [0.4, 0.5) is 4.39 Å². The van der Waals surface area contributed by atoms with Crippen LogP contribution < -0.4 is 4.74 Å². The van der Waals surface area contributed by atoms with Crippen LogP contribution in [0.2, 0.25) is 0 Å². The van der Waals surface area contributed by atoms with Gasteiger partial charge in [0.25, 0.3) is 0 Å². The summed E-state index contributed by atoms with van der Waals surface area (Å²) in [4.78, 5) is 18.6. The zero-order valence-corrected chi connectivity index (χ0v) is 17.7. The molecule has 1 atom stereocenters. The Morgan fingerprint density at radius 2 is 1.88 bits per heavy atom. The Morgan fingerprint density at radius 3 is 2.66 bits per heavy atom. The van der Waals surface area contributed by atoms with Crippen LogP contribution in [0, 0.1) is 5.82 Å². The lowest BCUT2D eigenvalue weighted by molar-refractivity contribution is -0.128. The lowest BCUT2D eigenvalue weighted by Gasteiger charge is -2.35. The van der Waals surface area contributed by atoms with E-state index in [0.29, 0.717) is 12.1 Å². The second kappa shape index (κ2) is 8.35. The molecule has 5 heteroatoms. The highest BCUT2D eigenvalue weighted by atomic mass is 19.1. The van der Waals surface area contributed by atoms with Crippen molar-refractivity contribution < 1.29 is 13.9 Å². The van der Waals surface area contributed by atoms with Gasteiger partial charge in [0.2, 0.25) is 5.91 Å². The number of nitrogens with zero attached hydrogens (tertiary/aromatic N) is 1. The summed E-state index contributed by atoms with van der Waals surface area (Å²) in [5.41, 5.74) is 4.79. The lowest BCUT2D eigenvalue weighted by atomic mass is 9.92. The standard InChI is InChI=1S/C27H23FN2O2/c1-32-24-13-12-19(17-22(24)28)27-26-21(20-9-5-6-10-23(20)29-26)15-16-30(27)25(31)14-11-18-7-3-2-4-8-18/h2-14,17,27,29H,15-16H2,1H3/b14-11+. The van der Waals surface area contributed by atoms with E-state index in [1.54, 1.807) is 17.0 Å². The molecule has 4 aromatic rings. The number of hydrogen-bond donors (Lipinski definition) is 1. The van der Waals surface area contributed by atoms with Gasteiger partial charge in [0.15, 0.2) is 11.6 Å². The Labute approximate surface area is 185 Å². The monoisotopic (exact) mass is 426 g/mol. The topological polar surface area (TPSA) is 45.3 Å². The van der Waals surface area contributed by atoms with Crippen LogP contribution in [0.25, 0.3) is 17.0 Å². The molecule has 5 rings (SSSR count). The highest BCUT2D eigenvalue weighted by molar-refractivity contribution is 5.93. The minimum Gasteiger partial charge on any atom is -0.494 e. The molecule has 0 spiro atoms. The van der Waals surface area contributed by atoms with Crippen LogP contribution in [0.5, 0.6) is 5.75 Å². The fourth-order valence-corrected chi connectivity index (χ4v) is 4.50. The largest absolute Gasteiger partial charge is 0.494 e. The van der Waals surface area contributed by atoms with E-state index >= 15 is 0 Å². The Hall–Kier alpha value is -3.86. The van der Waals surface area contributed by atoms with Crippen molar-refractivity contribution in [3.05, 3.63) is 107 Å². The van der Waals surface area contributed by atoms with E-state index in [2.05, 4.69) is 11.1 Å². The highest BCUT2D eigenvalue weighted by Gasteiger charge is 2.34. The van der Waals surface area contributed by atoms with Gasteiger partial charge in [-0.25, -0.2) is 4.39 Å². The van der Waals surface area contributed by atoms with E-state index in [0.717, 1.165) is 28.6 Å². The van der Waals surface area contributed by atoms with Crippen molar-refractivity contribution in [2.24, 2.45) is 0 Å². The molecule has 1 unspecified atom stereocenters. The Kier molecular flexibility index (Phi) is 5.23. The summed E-state index contributed by atoms with van der Waals surface area (Å²) in [7, 11) is 1.44. The fraction of sp³-hybridized carbons (Fsp3) is 0.148. The van der Waals surface area contributed by atoms with E-state index < -0.39 is 11.9 Å². The molecule has 1 N–H and O–H groups in total. The lowest BCUT2D eigenvalue weighted by Crippen LogP contribution is -2.39. The number of rotatable bonds is 4. The Morgan fingerprint density at radius 1 is 1.09 bits per heavy atom. The summed E-state index contributed by atoms with van der Waals surface area (Å²) in [5, 5.41) is 1.15. The molecule has 1 aliphatic heterocycles. The number of hydrogen-bond acceptors (Lipinski definition) is 2. The molecule has 0 radical (unpaired) electrons. The van der Waals surface area contributed by atoms with Crippen molar-refractivity contribution in [1.82, 2.24) is 9.88 Å².